The molecule has 1 aromatic heterocycles. The Bertz CT molecular complexity index is 627. The molecule has 0 atom stereocenters. The molecule has 3 nitrogen and oxygen atoms in total. The third kappa shape index (κ3) is 2.62. The Kier molecular flexibility index (Phi) is 3.85. The molecule has 0 spiro atoms. The smallest absolute Gasteiger partial charge is 0.136 e. The van der Waals surface area contributed by atoms with E-state index < -0.39 is 0 Å². The lowest BCUT2D eigenvalue weighted by Gasteiger charge is -2.39. The number of benzene rings is 1. The van der Waals surface area contributed by atoms with Crippen molar-refractivity contribution in [2.24, 2.45) is 11.1 Å². The van der Waals surface area contributed by atoms with Crippen LogP contribution in [-0.4, -0.2) is 18.1 Å². The summed E-state index contributed by atoms with van der Waals surface area (Å²) in [4.78, 5) is 7.17. The molecule has 1 aliphatic heterocycles. The zero-order chi connectivity index (χ0) is 14.9. The fourth-order valence-electron chi connectivity index (χ4n) is 3.26. The van der Waals surface area contributed by atoms with Crippen LogP contribution in [0.2, 0.25) is 0 Å². The highest BCUT2D eigenvalue weighted by Crippen LogP contribution is 2.37. The number of rotatable bonds is 3. The van der Waals surface area contributed by atoms with E-state index in [0.717, 1.165) is 24.5 Å². The maximum absolute atomic E-state index is 5.84. The van der Waals surface area contributed by atoms with Gasteiger partial charge >= 0.3 is 0 Å². The highest BCUT2D eigenvalue weighted by atomic mass is 15.2. The summed E-state index contributed by atoms with van der Waals surface area (Å²) in [5.41, 5.74) is 7.48. The van der Waals surface area contributed by atoms with Crippen molar-refractivity contribution in [1.29, 1.82) is 0 Å². The van der Waals surface area contributed by atoms with Crippen molar-refractivity contribution >= 4 is 16.6 Å². The number of hydrogen-bond donors (Lipinski definition) is 1. The Labute approximate surface area is 127 Å². The summed E-state index contributed by atoms with van der Waals surface area (Å²) < 4.78 is 0. The summed E-state index contributed by atoms with van der Waals surface area (Å²) in [5, 5.41) is 2.48. The molecule has 1 aliphatic rings. The first-order valence-corrected chi connectivity index (χ1v) is 7.98. The van der Waals surface area contributed by atoms with Gasteiger partial charge in [-0.15, -0.1) is 0 Å². The van der Waals surface area contributed by atoms with E-state index in [1.807, 2.05) is 6.20 Å². The van der Waals surface area contributed by atoms with E-state index in [4.69, 9.17) is 10.7 Å². The Morgan fingerprint density at radius 3 is 2.48 bits per heavy atom. The van der Waals surface area contributed by atoms with Gasteiger partial charge in [0, 0.05) is 31.2 Å². The van der Waals surface area contributed by atoms with Crippen LogP contribution in [-0.2, 0) is 6.54 Å². The third-order valence-corrected chi connectivity index (χ3v) is 5.20. The second-order valence-corrected chi connectivity index (χ2v) is 6.51. The minimum Gasteiger partial charge on any atom is -0.356 e. The monoisotopic (exact) mass is 283 g/mol. The molecule has 1 aromatic carbocycles. The Morgan fingerprint density at radius 1 is 1.19 bits per heavy atom. The summed E-state index contributed by atoms with van der Waals surface area (Å²) in [7, 11) is 0. The van der Waals surface area contributed by atoms with Crippen molar-refractivity contribution in [3.05, 3.63) is 36.0 Å². The number of nitrogens with two attached hydrogens (primary N) is 1. The fraction of sp³-hybridized carbons (Fsp3) is 0.500. The van der Waals surface area contributed by atoms with E-state index >= 15 is 0 Å². The van der Waals surface area contributed by atoms with Crippen molar-refractivity contribution in [2.45, 2.75) is 39.7 Å². The van der Waals surface area contributed by atoms with Crippen LogP contribution in [0.3, 0.4) is 0 Å². The van der Waals surface area contributed by atoms with Gasteiger partial charge in [0.05, 0.1) is 0 Å². The fourth-order valence-corrected chi connectivity index (χ4v) is 3.26. The van der Waals surface area contributed by atoms with Gasteiger partial charge in [0.15, 0.2) is 0 Å². The first-order chi connectivity index (χ1) is 10.2. The maximum atomic E-state index is 5.84. The van der Waals surface area contributed by atoms with Crippen LogP contribution in [0.4, 0.5) is 5.82 Å². The number of anilines is 1. The number of piperidine rings is 1. The first-order valence-electron chi connectivity index (χ1n) is 7.98. The lowest BCUT2D eigenvalue weighted by atomic mass is 9.78. The summed E-state index contributed by atoms with van der Waals surface area (Å²) >= 11 is 0. The van der Waals surface area contributed by atoms with Crippen LogP contribution in [0, 0.1) is 5.41 Å². The quantitative estimate of drug-likeness (QED) is 0.933. The Balaban J connectivity index is 1.95. The van der Waals surface area contributed by atoms with Gasteiger partial charge in [-0.3, -0.25) is 0 Å². The molecular weight excluding hydrogens is 258 g/mol. The van der Waals surface area contributed by atoms with Crippen LogP contribution in [0.5, 0.6) is 0 Å². The molecule has 0 unspecified atom stereocenters. The van der Waals surface area contributed by atoms with Crippen molar-refractivity contribution in [3.63, 3.8) is 0 Å². The van der Waals surface area contributed by atoms with Crippen LogP contribution >= 0.6 is 0 Å². The topological polar surface area (TPSA) is 42.2 Å². The van der Waals surface area contributed by atoms with E-state index in [-0.39, 0.29) is 0 Å². The minimum atomic E-state index is 0.503. The van der Waals surface area contributed by atoms with E-state index in [1.54, 1.807) is 0 Å². The zero-order valence-corrected chi connectivity index (χ0v) is 13.1. The van der Waals surface area contributed by atoms with Gasteiger partial charge in [-0.05, 0) is 29.2 Å². The van der Waals surface area contributed by atoms with Gasteiger partial charge in [0.2, 0.25) is 0 Å². The third-order valence-electron chi connectivity index (χ3n) is 5.20. The van der Waals surface area contributed by atoms with Crippen molar-refractivity contribution in [1.82, 2.24) is 4.98 Å². The predicted molar refractivity (Wildman–Crippen MR) is 89.5 cm³/mol. The molecule has 0 bridgehead atoms. The predicted octanol–water partition coefficient (Wildman–Crippen LogP) is 3.71. The van der Waals surface area contributed by atoms with Gasteiger partial charge < -0.3 is 10.6 Å². The number of pyridine rings is 1. The molecule has 2 aromatic rings. The number of fused-ring (bicyclic) bond motifs is 1. The van der Waals surface area contributed by atoms with E-state index in [1.165, 1.54) is 30.0 Å². The largest absolute Gasteiger partial charge is 0.356 e. The standard InChI is InChI=1S/C18H25N3/c1-3-18(2)8-10-21(11-9-18)17-16-7-5-4-6-15(16)14(12-19)13-20-17/h4-7,13H,3,8-12,19H2,1-2H3. The molecule has 0 amide bonds. The van der Waals surface area contributed by atoms with E-state index in [0.29, 0.717) is 12.0 Å². The number of hydrogen-bond acceptors (Lipinski definition) is 3. The minimum absolute atomic E-state index is 0.503. The van der Waals surface area contributed by atoms with Crippen LogP contribution < -0.4 is 10.6 Å². The second kappa shape index (κ2) is 5.64. The average molecular weight is 283 g/mol. The van der Waals surface area contributed by atoms with Crippen LogP contribution in [0.1, 0.15) is 38.7 Å². The highest BCUT2D eigenvalue weighted by Gasteiger charge is 2.29. The lowest BCUT2D eigenvalue weighted by molar-refractivity contribution is 0.238. The van der Waals surface area contributed by atoms with Gasteiger partial charge in [-0.2, -0.15) is 0 Å². The molecule has 0 aliphatic carbocycles. The molecular formula is C18H25N3. The van der Waals surface area contributed by atoms with Gasteiger partial charge in [0.1, 0.15) is 5.82 Å². The van der Waals surface area contributed by atoms with Crippen molar-refractivity contribution < 1.29 is 0 Å². The van der Waals surface area contributed by atoms with E-state index in [2.05, 4.69) is 43.0 Å². The molecule has 3 rings (SSSR count). The zero-order valence-electron chi connectivity index (χ0n) is 13.1. The summed E-state index contributed by atoms with van der Waals surface area (Å²) in [6.45, 7) is 7.46. The van der Waals surface area contributed by atoms with Gasteiger partial charge in [0.25, 0.3) is 0 Å². The highest BCUT2D eigenvalue weighted by molar-refractivity contribution is 5.94. The van der Waals surface area contributed by atoms with E-state index in [9.17, 15) is 0 Å². The molecule has 1 fully saturated rings. The van der Waals surface area contributed by atoms with Crippen LogP contribution in [0.25, 0.3) is 10.8 Å². The first kappa shape index (κ1) is 14.3. The number of aromatic nitrogens is 1. The summed E-state index contributed by atoms with van der Waals surface area (Å²) in [6, 6.07) is 8.50. The second-order valence-electron chi connectivity index (χ2n) is 6.51. The SMILES string of the molecule is CCC1(C)CCN(c2ncc(CN)c3ccccc23)CC1. The molecule has 3 heteroatoms. The number of nitrogens with zero attached hydrogens (tertiary/aromatic N) is 2. The molecule has 1 saturated heterocycles. The van der Waals surface area contributed by atoms with Crippen molar-refractivity contribution in [3.8, 4) is 0 Å². The molecule has 112 valence electrons. The lowest BCUT2D eigenvalue weighted by Crippen LogP contribution is -2.39. The normalized spacial score (nSPS) is 18.1. The Morgan fingerprint density at radius 2 is 1.86 bits per heavy atom. The molecule has 2 heterocycles. The molecule has 2 N–H and O–H groups in total. The average Bonchev–Trinajstić information content (AvgIpc) is 2.55. The van der Waals surface area contributed by atoms with Crippen LogP contribution in [0.15, 0.2) is 30.5 Å². The molecule has 0 saturated carbocycles. The van der Waals surface area contributed by atoms with Gasteiger partial charge in [-0.1, -0.05) is 44.5 Å². The summed E-state index contributed by atoms with van der Waals surface area (Å²) in [5.74, 6) is 1.13. The molecule has 21 heavy (non-hydrogen) atoms. The summed E-state index contributed by atoms with van der Waals surface area (Å²) in [6.07, 6.45) is 5.71. The van der Waals surface area contributed by atoms with Gasteiger partial charge in [-0.25, -0.2) is 4.98 Å². The molecule has 0 radical (unpaired) electrons. The Hall–Kier alpha value is -1.61. The van der Waals surface area contributed by atoms with Crippen molar-refractivity contribution in [2.75, 3.05) is 18.0 Å². The maximum Gasteiger partial charge on any atom is 0.136 e.